The van der Waals surface area contributed by atoms with Crippen molar-refractivity contribution in [1.29, 1.82) is 0 Å². The normalized spacial score (nSPS) is 15.0. The topological polar surface area (TPSA) is 105 Å². The van der Waals surface area contributed by atoms with Crippen LogP contribution in [0.2, 0.25) is 0 Å². The minimum absolute atomic E-state index is 0.0214. The zero-order valence-electron chi connectivity index (χ0n) is 16.4. The first kappa shape index (κ1) is 20.0. The fourth-order valence-corrected chi connectivity index (χ4v) is 3.69. The highest BCUT2D eigenvalue weighted by Crippen LogP contribution is 2.27. The van der Waals surface area contributed by atoms with Crippen LogP contribution in [0.1, 0.15) is 21.7 Å². The summed E-state index contributed by atoms with van der Waals surface area (Å²) < 4.78 is 1.61. The van der Waals surface area contributed by atoms with E-state index in [2.05, 4.69) is 10.00 Å². The SMILES string of the molecule is Cc1nn(CC(N)=O)c(C)c1-c1ccc(C(=O)N2CCN(CCO)CC2)cc1. The molecular weight excluding hydrogens is 358 g/mol. The lowest BCUT2D eigenvalue weighted by Crippen LogP contribution is -2.49. The number of aromatic nitrogens is 2. The van der Waals surface area contributed by atoms with Crippen LogP contribution in [0.15, 0.2) is 24.3 Å². The molecule has 0 saturated carbocycles. The Kier molecular flexibility index (Phi) is 6.11. The molecule has 8 heteroatoms. The number of β-amino-alcohol motifs (C(OH)–C–C–N with tert-alkyl or cyclic N) is 1. The van der Waals surface area contributed by atoms with Crippen molar-refractivity contribution in [3.8, 4) is 11.1 Å². The first-order valence-electron chi connectivity index (χ1n) is 9.46. The summed E-state index contributed by atoms with van der Waals surface area (Å²) >= 11 is 0. The summed E-state index contributed by atoms with van der Waals surface area (Å²) in [5.41, 5.74) is 9.53. The van der Waals surface area contributed by atoms with E-state index in [0.29, 0.717) is 25.2 Å². The Bertz CT molecular complexity index is 851. The van der Waals surface area contributed by atoms with Gasteiger partial charge >= 0.3 is 0 Å². The van der Waals surface area contributed by atoms with Crippen molar-refractivity contribution in [3.05, 3.63) is 41.2 Å². The van der Waals surface area contributed by atoms with Crippen molar-refractivity contribution in [2.45, 2.75) is 20.4 Å². The van der Waals surface area contributed by atoms with E-state index in [1.54, 1.807) is 4.68 Å². The summed E-state index contributed by atoms with van der Waals surface area (Å²) in [7, 11) is 0. The maximum atomic E-state index is 12.8. The summed E-state index contributed by atoms with van der Waals surface area (Å²) in [5.74, 6) is -0.412. The van der Waals surface area contributed by atoms with Crippen LogP contribution in [-0.2, 0) is 11.3 Å². The van der Waals surface area contributed by atoms with Gasteiger partial charge in [-0.2, -0.15) is 5.10 Å². The highest BCUT2D eigenvalue weighted by atomic mass is 16.3. The number of nitrogens with two attached hydrogens (primary N) is 1. The number of amides is 2. The molecular formula is C20H27N5O3. The number of carbonyl (C=O) groups is 2. The molecule has 3 N–H and O–H groups in total. The maximum Gasteiger partial charge on any atom is 0.253 e. The third-order valence-electron chi connectivity index (χ3n) is 5.18. The Hall–Kier alpha value is -2.71. The first-order chi connectivity index (χ1) is 13.4. The van der Waals surface area contributed by atoms with Gasteiger partial charge < -0.3 is 15.7 Å². The molecule has 1 fully saturated rings. The van der Waals surface area contributed by atoms with Crippen LogP contribution in [0, 0.1) is 13.8 Å². The Morgan fingerprint density at radius 2 is 1.75 bits per heavy atom. The van der Waals surface area contributed by atoms with E-state index in [9.17, 15) is 9.59 Å². The third kappa shape index (κ3) is 4.23. The van der Waals surface area contributed by atoms with E-state index in [1.807, 2.05) is 43.0 Å². The lowest BCUT2D eigenvalue weighted by Gasteiger charge is -2.34. The van der Waals surface area contributed by atoms with E-state index in [1.165, 1.54) is 0 Å². The van der Waals surface area contributed by atoms with E-state index >= 15 is 0 Å². The van der Waals surface area contributed by atoms with Crippen LogP contribution < -0.4 is 5.73 Å². The van der Waals surface area contributed by atoms with Gasteiger partial charge in [-0.3, -0.25) is 19.2 Å². The predicted octanol–water partition coefficient (Wildman–Crippen LogP) is 0.402. The van der Waals surface area contributed by atoms with Gasteiger partial charge in [-0.05, 0) is 31.5 Å². The molecule has 0 aliphatic carbocycles. The molecule has 28 heavy (non-hydrogen) atoms. The number of primary amides is 1. The fourth-order valence-electron chi connectivity index (χ4n) is 3.69. The molecule has 1 aromatic heterocycles. The smallest absolute Gasteiger partial charge is 0.253 e. The number of hydrogen-bond donors (Lipinski definition) is 2. The Balaban J connectivity index is 1.73. The van der Waals surface area contributed by atoms with E-state index in [-0.39, 0.29) is 19.1 Å². The van der Waals surface area contributed by atoms with Crippen molar-refractivity contribution in [2.75, 3.05) is 39.3 Å². The molecule has 1 aliphatic heterocycles. The van der Waals surface area contributed by atoms with Gasteiger partial charge in [0.15, 0.2) is 0 Å². The Morgan fingerprint density at radius 3 is 2.32 bits per heavy atom. The zero-order chi connectivity index (χ0) is 20.3. The van der Waals surface area contributed by atoms with Crippen molar-refractivity contribution in [1.82, 2.24) is 19.6 Å². The number of piperazine rings is 1. The summed E-state index contributed by atoms with van der Waals surface area (Å²) in [4.78, 5) is 28.0. The summed E-state index contributed by atoms with van der Waals surface area (Å²) in [6.45, 7) is 7.53. The minimum atomic E-state index is -0.433. The molecule has 150 valence electrons. The molecule has 0 atom stereocenters. The van der Waals surface area contributed by atoms with Crippen LogP contribution in [0.3, 0.4) is 0 Å². The average molecular weight is 385 g/mol. The number of hydrogen-bond acceptors (Lipinski definition) is 5. The van der Waals surface area contributed by atoms with Gasteiger partial charge in [0, 0.05) is 49.5 Å². The molecule has 2 amide bonds. The van der Waals surface area contributed by atoms with Crippen LogP contribution in [0.25, 0.3) is 11.1 Å². The molecule has 2 aromatic rings. The van der Waals surface area contributed by atoms with Crippen molar-refractivity contribution < 1.29 is 14.7 Å². The van der Waals surface area contributed by atoms with Crippen molar-refractivity contribution in [2.24, 2.45) is 5.73 Å². The van der Waals surface area contributed by atoms with E-state index < -0.39 is 5.91 Å². The van der Waals surface area contributed by atoms with Crippen LogP contribution in [-0.4, -0.2) is 75.8 Å². The molecule has 0 spiro atoms. The van der Waals surface area contributed by atoms with Crippen LogP contribution in [0.5, 0.6) is 0 Å². The summed E-state index contributed by atoms with van der Waals surface area (Å²) in [6.07, 6.45) is 0. The number of aryl methyl sites for hydroxylation is 1. The molecule has 8 nitrogen and oxygen atoms in total. The van der Waals surface area contributed by atoms with E-state index in [0.717, 1.165) is 35.6 Å². The third-order valence-corrected chi connectivity index (χ3v) is 5.18. The minimum Gasteiger partial charge on any atom is -0.395 e. The number of carbonyl (C=O) groups excluding carboxylic acids is 2. The Morgan fingerprint density at radius 1 is 1.11 bits per heavy atom. The largest absolute Gasteiger partial charge is 0.395 e. The summed E-state index contributed by atoms with van der Waals surface area (Å²) in [5, 5.41) is 13.4. The van der Waals surface area contributed by atoms with Gasteiger partial charge in [0.05, 0.1) is 12.3 Å². The molecule has 0 bridgehead atoms. The second kappa shape index (κ2) is 8.53. The predicted molar refractivity (Wildman–Crippen MR) is 106 cm³/mol. The molecule has 2 heterocycles. The number of nitrogens with zero attached hydrogens (tertiary/aromatic N) is 4. The highest BCUT2D eigenvalue weighted by Gasteiger charge is 2.22. The molecule has 3 rings (SSSR count). The molecule has 0 radical (unpaired) electrons. The first-order valence-corrected chi connectivity index (χ1v) is 9.46. The molecule has 0 unspecified atom stereocenters. The lowest BCUT2D eigenvalue weighted by molar-refractivity contribution is -0.118. The second-order valence-corrected chi connectivity index (χ2v) is 7.10. The lowest BCUT2D eigenvalue weighted by atomic mass is 10.0. The molecule has 1 aliphatic rings. The second-order valence-electron chi connectivity index (χ2n) is 7.10. The van der Waals surface area contributed by atoms with Gasteiger partial charge in [0.25, 0.3) is 5.91 Å². The van der Waals surface area contributed by atoms with Crippen LogP contribution >= 0.6 is 0 Å². The Labute approximate surface area is 164 Å². The van der Waals surface area contributed by atoms with Gasteiger partial charge in [0.1, 0.15) is 6.54 Å². The molecule has 1 saturated heterocycles. The average Bonchev–Trinajstić information content (AvgIpc) is 2.95. The zero-order valence-corrected chi connectivity index (χ0v) is 16.4. The van der Waals surface area contributed by atoms with Crippen molar-refractivity contribution >= 4 is 11.8 Å². The summed E-state index contributed by atoms with van der Waals surface area (Å²) in [6, 6.07) is 7.51. The standard InChI is InChI=1S/C20H27N5O3/c1-14-19(15(2)25(22-14)13-18(21)27)16-3-5-17(6-4-16)20(28)24-9-7-23(8-10-24)11-12-26/h3-6,26H,7-13H2,1-2H3,(H2,21,27). The highest BCUT2D eigenvalue weighted by molar-refractivity contribution is 5.95. The molecule has 1 aromatic carbocycles. The monoisotopic (exact) mass is 385 g/mol. The quantitative estimate of drug-likeness (QED) is 0.749. The van der Waals surface area contributed by atoms with Crippen molar-refractivity contribution in [3.63, 3.8) is 0 Å². The number of benzene rings is 1. The van der Waals surface area contributed by atoms with E-state index in [4.69, 9.17) is 10.8 Å². The van der Waals surface area contributed by atoms with Gasteiger partial charge in [0.2, 0.25) is 5.91 Å². The maximum absolute atomic E-state index is 12.8. The number of rotatable bonds is 6. The number of aliphatic hydroxyl groups is 1. The van der Waals surface area contributed by atoms with Gasteiger partial charge in [-0.15, -0.1) is 0 Å². The van der Waals surface area contributed by atoms with Crippen LogP contribution in [0.4, 0.5) is 0 Å². The van der Waals surface area contributed by atoms with Gasteiger partial charge in [-0.1, -0.05) is 12.1 Å². The number of aliphatic hydroxyl groups excluding tert-OH is 1. The fraction of sp³-hybridized carbons (Fsp3) is 0.450. The van der Waals surface area contributed by atoms with Gasteiger partial charge in [-0.25, -0.2) is 0 Å².